The zero-order valence-electron chi connectivity index (χ0n) is 9.55. The molecule has 0 saturated heterocycles. The van der Waals surface area contributed by atoms with Crippen LogP contribution in [-0.4, -0.2) is 16.1 Å². The van der Waals surface area contributed by atoms with Crippen LogP contribution in [0.5, 0.6) is 0 Å². The van der Waals surface area contributed by atoms with E-state index in [2.05, 4.69) is 4.98 Å². The van der Waals surface area contributed by atoms with Gasteiger partial charge >= 0.3 is 5.97 Å². The molecule has 0 amide bonds. The van der Waals surface area contributed by atoms with Gasteiger partial charge in [0.1, 0.15) is 5.03 Å². The highest BCUT2D eigenvalue weighted by Crippen LogP contribution is 2.29. The van der Waals surface area contributed by atoms with Gasteiger partial charge in [-0.1, -0.05) is 23.4 Å². The van der Waals surface area contributed by atoms with Crippen molar-refractivity contribution in [1.82, 2.24) is 4.98 Å². The highest BCUT2D eigenvalue weighted by atomic mass is 35.5. The molecule has 0 fully saturated rings. The lowest BCUT2D eigenvalue weighted by Crippen LogP contribution is -1.96. The van der Waals surface area contributed by atoms with Gasteiger partial charge in [0.05, 0.1) is 10.6 Å². The fourth-order valence-corrected chi connectivity index (χ4v) is 2.37. The molecule has 1 aromatic carbocycles. The van der Waals surface area contributed by atoms with Gasteiger partial charge in [0.15, 0.2) is 0 Å². The van der Waals surface area contributed by atoms with Crippen LogP contribution in [0.25, 0.3) is 0 Å². The first-order valence-corrected chi connectivity index (χ1v) is 6.39. The molecule has 2 rings (SSSR count). The van der Waals surface area contributed by atoms with E-state index in [9.17, 15) is 4.79 Å². The van der Waals surface area contributed by atoms with Crippen molar-refractivity contribution in [3.63, 3.8) is 0 Å². The number of carboxylic acids is 1. The van der Waals surface area contributed by atoms with Crippen molar-refractivity contribution in [3.8, 4) is 0 Å². The van der Waals surface area contributed by atoms with Crippen LogP contribution in [0.1, 0.15) is 15.9 Å². The van der Waals surface area contributed by atoms with E-state index in [4.69, 9.17) is 16.7 Å². The second kappa shape index (κ2) is 5.42. The first-order valence-electron chi connectivity index (χ1n) is 5.19. The number of benzene rings is 1. The molecule has 1 N–H and O–H groups in total. The van der Waals surface area contributed by atoms with E-state index in [1.54, 1.807) is 30.5 Å². The molecule has 0 aliphatic carbocycles. The molecule has 1 aromatic heterocycles. The van der Waals surface area contributed by atoms with Gasteiger partial charge in [-0.05, 0) is 42.8 Å². The van der Waals surface area contributed by atoms with E-state index in [0.29, 0.717) is 10.6 Å². The van der Waals surface area contributed by atoms with Crippen LogP contribution in [0.2, 0.25) is 5.02 Å². The molecule has 1 heterocycles. The van der Waals surface area contributed by atoms with Gasteiger partial charge in [0.2, 0.25) is 0 Å². The largest absolute Gasteiger partial charge is 0.478 e. The van der Waals surface area contributed by atoms with Crippen LogP contribution in [-0.2, 0) is 0 Å². The summed E-state index contributed by atoms with van der Waals surface area (Å²) in [5, 5.41) is 10.3. The normalized spacial score (nSPS) is 10.3. The Labute approximate surface area is 114 Å². The van der Waals surface area contributed by atoms with Gasteiger partial charge in [0.25, 0.3) is 0 Å². The van der Waals surface area contributed by atoms with Crippen molar-refractivity contribution < 1.29 is 9.90 Å². The van der Waals surface area contributed by atoms with Crippen molar-refractivity contribution in [1.29, 1.82) is 0 Å². The Balaban J connectivity index is 2.24. The minimum Gasteiger partial charge on any atom is -0.478 e. The lowest BCUT2D eigenvalue weighted by molar-refractivity contribution is 0.0696. The molecule has 0 bridgehead atoms. The number of carbonyl (C=O) groups is 1. The molecule has 0 spiro atoms. The molecule has 18 heavy (non-hydrogen) atoms. The maximum absolute atomic E-state index is 10.8. The van der Waals surface area contributed by atoms with E-state index in [0.717, 1.165) is 15.5 Å². The minimum atomic E-state index is -0.917. The molecule has 5 heteroatoms. The molecule has 92 valence electrons. The summed E-state index contributed by atoms with van der Waals surface area (Å²) in [6.45, 7) is 1.88. The summed E-state index contributed by atoms with van der Waals surface area (Å²) in [7, 11) is 0. The number of aromatic nitrogens is 1. The number of halogens is 1. The molecular weight excluding hydrogens is 270 g/mol. The lowest BCUT2D eigenvalue weighted by atomic mass is 10.1. The Morgan fingerprint density at radius 3 is 2.67 bits per heavy atom. The summed E-state index contributed by atoms with van der Waals surface area (Å²) >= 11 is 7.25. The van der Waals surface area contributed by atoms with Crippen LogP contribution in [0, 0.1) is 6.92 Å². The molecule has 0 aliphatic heterocycles. The minimum absolute atomic E-state index is 0.293. The lowest BCUT2D eigenvalue weighted by Gasteiger charge is -2.06. The average molecular weight is 280 g/mol. The van der Waals surface area contributed by atoms with Gasteiger partial charge < -0.3 is 5.11 Å². The topological polar surface area (TPSA) is 50.2 Å². The van der Waals surface area contributed by atoms with E-state index in [1.807, 2.05) is 13.0 Å². The number of hydrogen-bond donors (Lipinski definition) is 1. The second-order valence-electron chi connectivity index (χ2n) is 3.70. The third-order valence-corrected chi connectivity index (χ3v) is 3.69. The first-order chi connectivity index (χ1) is 8.56. The van der Waals surface area contributed by atoms with Gasteiger partial charge in [-0.3, -0.25) is 0 Å². The summed E-state index contributed by atoms with van der Waals surface area (Å²) in [5.74, 6) is -0.917. The third-order valence-electron chi connectivity index (χ3n) is 2.34. The Kier molecular flexibility index (Phi) is 3.89. The van der Waals surface area contributed by atoms with Gasteiger partial charge in [-0.2, -0.15) is 0 Å². The highest BCUT2D eigenvalue weighted by molar-refractivity contribution is 7.99. The molecule has 0 saturated carbocycles. The van der Waals surface area contributed by atoms with Crippen LogP contribution < -0.4 is 0 Å². The van der Waals surface area contributed by atoms with E-state index in [1.165, 1.54) is 11.8 Å². The summed E-state index contributed by atoms with van der Waals surface area (Å²) in [5.41, 5.74) is 1.21. The number of pyridine rings is 1. The van der Waals surface area contributed by atoms with Crippen molar-refractivity contribution in [2.24, 2.45) is 0 Å². The Hall–Kier alpha value is -1.52. The predicted molar refractivity (Wildman–Crippen MR) is 71.5 cm³/mol. The summed E-state index contributed by atoms with van der Waals surface area (Å²) in [4.78, 5) is 16.0. The standard InChI is InChI=1S/C13H10ClNO2S/c1-8-6-9(13(16)17)2-4-11(8)18-12-5-3-10(14)7-15-12/h2-7H,1H3,(H,16,17). The SMILES string of the molecule is Cc1cc(C(=O)O)ccc1Sc1ccc(Cl)cn1. The quantitative estimate of drug-likeness (QED) is 0.926. The Morgan fingerprint density at radius 2 is 2.11 bits per heavy atom. The molecular formula is C13H10ClNO2S. The van der Waals surface area contributed by atoms with Crippen LogP contribution in [0.3, 0.4) is 0 Å². The van der Waals surface area contributed by atoms with Crippen molar-refractivity contribution >= 4 is 29.3 Å². The zero-order valence-corrected chi connectivity index (χ0v) is 11.1. The van der Waals surface area contributed by atoms with Gasteiger partial charge in [-0.15, -0.1) is 0 Å². The number of aromatic carboxylic acids is 1. The molecule has 0 aliphatic rings. The summed E-state index contributed by atoms with van der Waals surface area (Å²) in [6.07, 6.45) is 1.59. The average Bonchev–Trinajstić information content (AvgIpc) is 2.34. The Morgan fingerprint density at radius 1 is 1.33 bits per heavy atom. The predicted octanol–water partition coefficient (Wildman–Crippen LogP) is 3.89. The Bertz CT molecular complexity index is 584. The molecule has 2 aromatic rings. The smallest absolute Gasteiger partial charge is 0.335 e. The van der Waals surface area contributed by atoms with Crippen LogP contribution in [0.4, 0.5) is 0 Å². The van der Waals surface area contributed by atoms with E-state index >= 15 is 0 Å². The molecule has 0 radical (unpaired) electrons. The monoisotopic (exact) mass is 279 g/mol. The van der Waals surface area contributed by atoms with Crippen molar-refractivity contribution in [2.75, 3.05) is 0 Å². The number of hydrogen-bond acceptors (Lipinski definition) is 3. The summed E-state index contributed by atoms with van der Waals surface area (Å²) in [6, 6.07) is 8.64. The number of carboxylic acid groups (broad SMARTS) is 1. The van der Waals surface area contributed by atoms with E-state index < -0.39 is 5.97 Å². The third kappa shape index (κ3) is 3.03. The number of rotatable bonds is 3. The molecule has 0 unspecified atom stereocenters. The zero-order chi connectivity index (χ0) is 13.1. The fourth-order valence-electron chi connectivity index (χ4n) is 1.43. The highest BCUT2D eigenvalue weighted by Gasteiger charge is 2.07. The number of aryl methyl sites for hydroxylation is 1. The van der Waals surface area contributed by atoms with Gasteiger partial charge in [-0.25, -0.2) is 9.78 Å². The maximum Gasteiger partial charge on any atom is 0.335 e. The van der Waals surface area contributed by atoms with Gasteiger partial charge in [0, 0.05) is 11.1 Å². The first kappa shape index (κ1) is 12.9. The van der Waals surface area contributed by atoms with E-state index in [-0.39, 0.29) is 0 Å². The summed E-state index contributed by atoms with van der Waals surface area (Å²) < 4.78 is 0. The molecule has 0 atom stereocenters. The maximum atomic E-state index is 10.8. The van der Waals surface area contributed by atoms with Crippen LogP contribution in [0.15, 0.2) is 46.5 Å². The molecule has 3 nitrogen and oxygen atoms in total. The second-order valence-corrected chi connectivity index (χ2v) is 5.20. The van der Waals surface area contributed by atoms with Crippen LogP contribution >= 0.6 is 23.4 Å². The fraction of sp³-hybridized carbons (Fsp3) is 0.0769. The van der Waals surface area contributed by atoms with Crippen molar-refractivity contribution in [2.45, 2.75) is 16.8 Å². The van der Waals surface area contributed by atoms with Crippen molar-refractivity contribution in [3.05, 3.63) is 52.7 Å². The number of nitrogens with zero attached hydrogens (tertiary/aromatic N) is 1.